The van der Waals surface area contributed by atoms with Gasteiger partial charge in [0.2, 0.25) is 4.77 Å². The number of nitrogens with zero attached hydrogens (tertiary/aromatic N) is 4. The lowest BCUT2D eigenvalue weighted by molar-refractivity contribution is 0.0209. The maximum absolute atomic E-state index is 5.81. The predicted octanol–water partition coefficient (Wildman–Crippen LogP) is 3.99. The van der Waals surface area contributed by atoms with Crippen LogP contribution >= 0.6 is 24.0 Å². The molecule has 152 valence electrons. The Hall–Kier alpha value is -2.13. The number of rotatable bonds is 7. The van der Waals surface area contributed by atoms with Gasteiger partial charge in [0.1, 0.15) is 11.6 Å². The lowest BCUT2D eigenvalue weighted by atomic mass is 10.3. The standard InChI is InChI=1S/C21H24N4O2S2/c1-26-18-7-9-19(10-8-18)29-15-20-22-24(16-23-11-13-27-14-12-23)21(28)25(20)17-5-3-2-4-6-17/h2-10H,11-16H2,1H3. The van der Waals surface area contributed by atoms with Gasteiger partial charge in [-0.2, -0.15) is 5.10 Å². The molecule has 0 spiro atoms. The summed E-state index contributed by atoms with van der Waals surface area (Å²) in [4.78, 5) is 3.49. The Morgan fingerprint density at radius 2 is 1.79 bits per heavy atom. The average molecular weight is 429 g/mol. The van der Waals surface area contributed by atoms with Crippen molar-refractivity contribution in [3.63, 3.8) is 0 Å². The van der Waals surface area contributed by atoms with Gasteiger partial charge in [0, 0.05) is 23.7 Å². The van der Waals surface area contributed by atoms with E-state index in [2.05, 4.69) is 33.7 Å². The van der Waals surface area contributed by atoms with E-state index < -0.39 is 0 Å². The molecule has 1 saturated heterocycles. The zero-order chi connectivity index (χ0) is 20.1. The van der Waals surface area contributed by atoms with Crippen LogP contribution in [0.5, 0.6) is 5.75 Å². The summed E-state index contributed by atoms with van der Waals surface area (Å²) in [6, 6.07) is 18.3. The maximum Gasteiger partial charge on any atom is 0.203 e. The molecule has 1 aliphatic heterocycles. The molecule has 0 N–H and O–H groups in total. The lowest BCUT2D eigenvalue weighted by Gasteiger charge is -2.26. The number of hydrogen-bond acceptors (Lipinski definition) is 6. The second kappa shape index (κ2) is 9.58. The number of morpholine rings is 1. The van der Waals surface area contributed by atoms with Crippen LogP contribution in [0, 0.1) is 4.77 Å². The molecule has 0 bridgehead atoms. The number of ether oxygens (including phenoxy) is 2. The first-order chi connectivity index (χ1) is 14.2. The molecule has 0 radical (unpaired) electrons. The second-order valence-corrected chi connectivity index (χ2v) is 8.12. The highest BCUT2D eigenvalue weighted by atomic mass is 32.2. The number of hydrogen-bond donors (Lipinski definition) is 0. The van der Waals surface area contributed by atoms with Gasteiger partial charge >= 0.3 is 0 Å². The van der Waals surface area contributed by atoms with Crippen LogP contribution in [0.2, 0.25) is 0 Å². The molecule has 0 amide bonds. The van der Waals surface area contributed by atoms with Crippen molar-refractivity contribution < 1.29 is 9.47 Å². The van der Waals surface area contributed by atoms with Crippen LogP contribution in [0.25, 0.3) is 5.69 Å². The summed E-state index contributed by atoms with van der Waals surface area (Å²) in [5, 5.41) is 4.88. The quantitative estimate of drug-likeness (QED) is 0.419. The molecule has 1 aromatic heterocycles. The van der Waals surface area contributed by atoms with Crippen molar-refractivity contribution in [3.05, 3.63) is 65.2 Å². The highest BCUT2D eigenvalue weighted by molar-refractivity contribution is 7.98. The van der Waals surface area contributed by atoms with Crippen molar-refractivity contribution in [2.75, 3.05) is 33.4 Å². The fourth-order valence-corrected chi connectivity index (χ4v) is 4.35. The molecule has 0 atom stereocenters. The summed E-state index contributed by atoms with van der Waals surface area (Å²) in [6.45, 7) is 3.99. The highest BCUT2D eigenvalue weighted by Gasteiger charge is 2.17. The van der Waals surface area contributed by atoms with E-state index in [9.17, 15) is 0 Å². The van der Waals surface area contributed by atoms with Crippen LogP contribution in [0.4, 0.5) is 0 Å². The first kappa shape index (κ1) is 20.2. The van der Waals surface area contributed by atoms with Crippen LogP contribution in [0.3, 0.4) is 0 Å². The molecule has 4 rings (SSSR count). The minimum Gasteiger partial charge on any atom is -0.497 e. The molecular weight excluding hydrogens is 404 g/mol. The minimum atomic E-state index is 0.683. The minimum absolute atomic E-state index is 0.683. The zero-order valence-electron chi connectivity index (χ0n) is 16.4. The van der Waals surface area contributed by atoms with E-state index in [0.717, 1.165) is 49.3 Å². The van der Waals surface area contributed by atoms with E-state index in [-0.39, 0.29) is 0 Å². The summed E-state index contributed by atoms with van der Waals surface area (Å²) in [5.74, 6) is 2.52. The number of thioether (sulfide) groups is 1. The molecule has 8 heteroatoms. The summed E-state index contributed by atoms with van der Waals surface area (Å²) in [5.41, 5.74) is 1.04. The number of aromatic nitrogens is 3. The maximum atomic E-state index is 5.81. The van der Waals surface area contributed by atoms with Crippen LogP contribution < -0.4 is 4.74 Å². The Balaban J connectivity index is 1.59. The van der Waals surface area contributed by atoms with Crippen molar-refractivity contribution in [1.82, 2.24) is 19.2 Å². The van der Waals surface area contributed by atoms with E-state index in [1.165, 1.54) is 4.90 Å². The summed E-state index contributed by atoms with van der Waals surface area (Å²) in [7, 11) is 1.68. The molecule has 1 aliphatic rings. The number of benzene rings is 2. The Morgan fingerprint density at radius 1 is 1.07 bits per heavy atom. The van der Waals surface area contributed by atoms with Crippen molar-refractivity contribution in [1.29, 1.82) is 0 Å². The van der Waals surface area contributed by atoms with Crippen LogP contribution in [0.15, 0.2) is 59.5 Å². The van der Waals surface area contributed by atoms with Gasteiger partial charge < -0.3 is 9.47 Å². The molecule has 6 nitrogen and oxygen atoms in total. The molecule has 0 unspecified atom stereocenters. The number of methoxy groups -OCH3 is 1. The van der Waals surface area contributed by atoms with Gasteiger partial charge in [-0.3, -0.25) is 9.47 Å². The van der Waals surface area contributed by atoms with Crippen LogP contribution in [-0.4, -0.2) is 52.7 Å². The third-order valence-corrected chi connectivity index (χ3v) is 6.19. The fraction of sp³-hybridized carbons (Fsp3) is 0.333. The highest BCUT2D eigenvalue weighted by Crippen LogP contribution is 2.26. The lowest BCUT2D eigenvalue weighted by Crippen LogP contribution is -2.37. The third-order valence-electron chi connectivity index (χ3n) is 4.79. The van der Waals surface area contributed by atoms with Gasteiger partial charge in [0.15, 0.2) is 0 Å². The van der Waals surface area contributed by atoms with E-state index >= 15 is 0 Å². The Labute approximate surface area is 180 Å². The molecular formula is C21H24N4O2S2. The van der Waals surface area contributed by atoms with Crippen LogP contribution in [-0.2, 0) is 17.2 Å². The van der Waals surface area contributed by atoms with Gasteiger partial charge in [-0.05, 0) is 48.6 Å². The zero-order valence-corrected chi connectivity index (χ0v) is 18.0. The largest absolute Gasteiger partial charge is 0.497 e. The SMILES string of the molecule is COc1ccc(SCc2nn(CN3CCOCC3)c(=S)n2-c2ccccc2)cc1. The summed E-state index contributed by atoms with van der Waals surface area (Å²) in [6.07, 6.45) is 0. The van der Waals surface area contributed by atoms with Crippen molar-refractivity contribution in [2.24, 2.45) is 0 Å². The van der Waals surface area contributed by atoms with E-state index in [1.807, 2.05) is 35.0 Å². The van der Waals surface area contributed by atoms with Crippen molar-refractivity contribution in [3.8, 4) is 11.4 Å². The summed E-state index contributed by atoms with van der Waals surface area (Å²) >= 11 is 7.54. The molecule has 2 heterocycles. The first-order valence-electron chi connectivity index (χ1n) is 9.56. The van der Waals surface area contributed by atoms with Gasteiger partial charge in [-0.25, -0.2) is 4.68 Å². The Kier molecular flexibility index (Phi) is 6.66. The average Bonchev–Trinajstić information content (AvgIpc) is 3.09. The van der Waals surface area contributed by atoms with E-state index in [0.29, 0.717) is 11.4 Å². The Bertz CT molecular complexity index is 980. The van der Waals surface area contributed by atoms with E-state index in [4.69, 9.17) is 26.8 Å². The molecule has 29 heavy (non-hydrogen) atoms. The monoisotopic (exact) mass is 428 g/mol. The van der Waals surface area contributed by atoms with Gasteiger partial charge in [0.25, 0.3) is 0 Å². The summed E-state index contributed by atoms with van der Waals surface area (Å²) < 4.78 is 15.4. The van der Waals surface area contributed by atoms with Gasteiger partial charge in [0.05, 0.1) is 32.7 Å². The fourth-order valence-electron chi connectivity index (χ4n) is 3.23. The topological polar surface area (TPSA) is 44.4 Å². The van der Waals surface area contributed by atoms with Gasteiger partial charge in [-0.1, -0.05) is 18.2 Å². The molecule has 0 aliphatic carbocycles. The second-order valence-electron chi connectivity index (χ2n) is 6.71. The molecule has 0 saturated carbocycles. The molecule has 1 fully saturated rings. The van der Waals surface area contributed by atoms with Crippen LogP contribution in [0.1, 0.15) is 5.82 Å². The third kappa shape index (κ3) is 4.90. The first-order valence-corrected chi connectivity index (χ1v) is 10.9. The number of para-hydroxylation sites is 1. The van der Waals surface area contributed by atoms with E-state index in [1.54, 1.807) is 18.9 Å². The Morgan fingerprint density at radius 3 is 2.48 bits per heavy atom. The predicted molar refractivity (Wildman–Crippen MR) is 117 cm³/mol. The smallest absolute Gasteiger partial charge is 0.203 e. The normalized spacial score (nSPS) is 14.8. The van der Waals surface area contributed by atoms with Gasteiger partial charge in [-0.15, -0.1) is 11.8 Å². The molecule has 3 aromatic rings. The van der Waals surface area contributed by atoms with Crippen molar-refractivity contribution in [2.45, 2.75) is 17.3 Å². The molecule has 2 aromatic carbocycles. The van der Waals surface area contributed by atoms with Crippen molar-refractivity contribution >= 4 is 24.0 Å².